The van der Waals surface area contributed by atoms with Gasteiger partial charge in [0.2, 0.25) is 0 Å². The monoisotopic (exact) mass is 556 g/mol. The summed E-state index contributed by atoms with van der Waals surface area (Å²) >= 11 is 7.00. The number of thiophene rings is 1. The highest BCUT2D eigenvalue weighted by Gasteiger charge is 2.27. The molecule has 3 rings (SSSR count). The van der Waals surface area contributed by atoms with E-state index in [4.69, 9.17) is 11.6 Å². The van der Waals surface area contributed by atoms with Crippen molar-refractivity contribution in [3.8, 4) is 0 Å². The number of aliphatic hydroxyl groups is 1. The fraction of sp³-hybridized carbons (Fsp3) is 0.320. The maximum absolute atomic E-state index is 13.8. The summed E-state index contributed by atoms with van der Waals surface area (Å²) in [5.41, 5.74) is 2.43. The molecule has 0 aliphatic rings. The van der Waals surface area contributed by atoms with Gasteiger partial charge in [0.1, 0.15) is 16.5 Å². The molecule has 2 atom stereocenters. The van der Waals surface area contributed by atoms with Crippen LogP contribution in [0.15, 0.2) is 52.7 Å². The van der Waals surface area contributed by atoms with E-state index in [0.29, 0.717) is 6.54 Å². The Morgan fingerprint density at radius 3 is 2.39 bits per heavy atom. The summed E-state index contributed by atoms with van der Waals surface area (Å²) < 4.78 is 51.2. The van der Waals surface area contributed by atoms with Crippen LogP contribution in [0, 0.1) is 11.6 Å². The second-order valence-electron chi connectivity index (χ2n) is 8.45. The smallest absolute Gasteiger partial charge is 0.263 e. The molecule has 0 fully saturated rings. The molecule has 0 bridgehead atoms. The fourth-order valence-corrected chi connectivity index (χ4v) is 6.51. The molecule has 0 aliphatic heterocycles. The van der Waals surface area contributed by atoms with E-state index in [-0.39, 0.29) is 33.3 Å². The highest BCUT2D eigenvalue weighted by atomic mass is 35.5. The van der Waals surface area contributed by atoms with Crippen LogP contribution in [0.25, 0.3) is 0 Å². The van der Waals surface area contributed by atoms with Crippen molar-refractivity contribution in [3.05, 3.63) is 86.1 Å². The minimum absolute atomic E-state index is 0.0379. The van der Waals surface area contributed by atoms with Crippen LogP contribution in [-0.4, -0.2) is 44.4 Å². The summed E-state index contributed by atoms with van der Waals surface area (Å²) in [4.78, 5) is 12.7. The number of hydrogen-bond acceptors (Lipinski definition) is 6. The molecule has 0 radical (unpaired) electrons. The van der Waals surface area contributed by atoms with Gasteiger partial charge in [0, 0.05) is 30.8 Å². The third-order valence-corrected chi connectivity index (χ3v) is 8.41. The van der Waals surface area contributed by atoms with E-state index in [1.54, 1.807) is 0 Å². The third kappa shape index (κ3) is 7.57. The summed E-state index contributed by atoms with van der Waals surface area (Å²) in [6, 6.07) is 10.00. The van der Waals surface area contributed by atoms with Gasteiger partial charge in [0.15, 0.2) is 9.84 Å². The number of sulfone groups is 1. The minimum atomic E-state index is -3.64. The number of aliphatic hydroxyl groups excluding tert-OH is 1. The zero-order valence-corrected chi connectivity index (χ0v) is 22.1. The Morgan fingerprint density at radius 1 is 1.11 bits per heavy atom. The molecule has 11 heteroatoms. The van der Waals surface area contributed by atoms with E-state index < -0.39 is 39.5 Å². The molecule has 1 aromatic heterocycles. The Hall–Kier alpha value is -2.37. The van der Waals surface area contributed by atoms with Crippen molar-refractivity contribution >= 4 is 38.7 Å². The van der Waals surface area contributed by atoms with E-state index in [1.807, 2.05) is 24.3 Å². The van der Waals surface area contributed by atoms with E-state index in [1.165, 1.54) is 10.9 Å². The number of nitrogens with one attached hydrogen (secondary N) is 2. The summed E-state index contributed by atoms with van der Waals surface area (Å²) in [6.07, 6.45) is 0.662. The molecule has 3 N–H and O–H groups in total. The number of carbonyl (C=O) groups is 1. The number of carbonyl (C=O) groups excluding carboxylic acids is 1. The van der Waals surface area contributed by atoms with Gasteiger partial charge in [-0.25, -0.2) is 17.2 Å². The van der Waals surface area contributed by atoms with Crippen molar-refractivity contribution in [1.29, 1.82) is 0 Å². The van der Waals surface area contributed by atoms with Gasteiger partial charge in [0.25, 0.3) is 5.91 Å². The van der Waals surface area contributed by atoms with Crippen LogP contribution in [-0.2, 0) is 29.2 Å². The van der Waals surface area contributed by atoms with Gasteiger partial charge in [-0.2, -0.15) is 0 Å². The van der Waals surface area contributed by atoms with Crippen molar-refractivity contribution in [2.45, 2.75) is 43.4 Å². The van der Waals surface area contributed by atoms with Crippen molar-refractivity contribution in [1.82, 2.24) is 10.6 Å². The second-order valence-corrected chi connectivity index (χ2v) is 11.7. The molecule has 36 heavy (non-hydrogen) atoms. The molecule has 194 valence electrons. The van der Waals surface area contributed by atoms with Gasteiger partial charge in [0.05, 0.1) is 22.1 Å². The topological polar surface area (TPSA) is 95.5 Å². The highest BCUT2D eigenvalue weighted by Crippen LogP contribution is 2.31. The Bertz CT molecular complexity index is 1310. The lowest BCUT2D eigenvalue weighted by atomic mass is 10.0. The van der Waals surface area contributed by atoms with E-state index in [2.05, 4.69) is 17.6 Å². The SMILES string of the molecule is CCc1cccc(CNC[C@@H](O)[C@H](Cc2cc(F)cc(F)c2)NC(=O)c2scc(S(C)(=O)=O)c2Cl)c1. The number of hydrogen-bond donors (Lipinski definition) is 3. The second kappa shape index (κ2) is 12.2. The normalized spacial score (nSPS) is 13.4. The number of amides is 1. The average Bonchev–Trinajstić information content (AvgIpc) is 3.20. The number of rotatable bonds is 11. The van der Waals surface area contributed by atoms with E-state index >= 15 is 0 Å². The highest BCUT2D eigenvalue weighted by molar-refractivity contribution is 7.91. The summed E-state index contributed by atoms with van der Waals surface area (Å²) in [5.74, 6) is -2.26. The molecule has 6 nitrogen and oxygen atoms in total. The van der Waals surface area contributed by atoms with Crippen LogP contribution in [0.3, 0.4) is 0 Å². The van der Waals surface area contributed by atoms with Crippen LogP contribution in [0.1, 0.15) is 33.3 Å². The zero-order chi connectivity index (χ0) is 26.5. The first-order valence-corrected chi connectivity index (χ1v) is 14.3. The van der Waals surface area contributed by atoms with Gasteiger partial charge in [-0.05, 0) is 41.7 Å². The molecule has 0 spiro atoms. The first kappa shape index (κ1) is 28.2. The van der Waals surface area contributed by atoms with Gasteiger partial charge < -0.3 is 15.7 Å². The zero-order valence-electron chi connectivity index (χ0n) is 19.7. The lowest BCUT2D eigenvalue weighted by Gasteiger charge is -2.25. The van der Waals surface area contributed by atoms with Crippen molar-refractivity contribution in [2.75, 3.05) is 12.8 Å². The maximum Gasteiger partial charge on any atom is 0.263 e. The molecule has 0 unspecified atom stereocenters. The van der Waals surface area contributed by atoms with Crippen LogP contribution in [0.5, 0.6) is 0 Å². The van der Waals surface area contributed by atoms with Gasteiger partial charge in [-0.1, -0.05) is 42.8 Å². The van der Waals surface area contributed by atoms with Gasteiger partial charge >= 0.3 is 0 Å². The Balaban J connectivity index is 1.77. The third-order valence-electron chi connectivity index (χ3n) is 5.55. The summed E-state index contributed by atoms with van der Waals surface area (Å²) in [6.45, 7) is 2.60. The summed E-state index contributed by atoms with van der Waals surface area (Å²) in [5, 5.41) is 17.7. The lowest BCUT2D eigenvalue weighted by Crippen LogP contribution is -2.48. The Labute approximate surface area is 218 Å². The molecule has 0 saturated heterocycles. The largest absolute Gasteiger partial charge is 0.390 e. The van der Waals surface area contributed by atoms with E-state index in [9.17, 15) is 27.1 Å². The van der Waals surface area contributed by atoms with Crippen LogP contribution in [0.2, 0.25) is 5.02 Å². The first-order chi connectivity index (χ1) is 17.0. The predicted molar refractivity (Wildman–Crippen MR) is 137 cm³/mol. The molecular formula is C25H27ClF2N2O4S2. The van der Waals surface area contributed by atoms with E-state index in [0.717, 1.165) is 47.8 Å². The molecule has 1 heterocycles. The summed E-state index contributed by atoms with van der Waals surface area (Å²) in [7, 11) is -3.64. The van der Waals surface area contributed by atoms with Crippen molar-refractivity contribution in [3.63, 3.8) is 0 Å². The molecule has 2 aromatic carbocycles. The molecule has 0 saturated carbocycles. The lowest BCUT2D eigenvalue weighted by molar-refractivity contribution is 0.0833. The van der Waals surface area contributed by atoms with Crippen LogP contribution >= 0.6 is 22.9 Å². The van der Waals surface area contributed by atoms with Crippen molar-refractivity contribution in [2.24, 2.45) is 0 Å². The van der Waals surface area contributed by atoms with Crippen LogP contribution in [0.4, 0.5) is 8.78 Å². The quantitative estimate of drug-likeness (QED) is 0.330. The Morgan fingerprint density at radius 2 is 1.78 bits per heavy atom. The first-order valence-electron chi connectivity index (χ1n) is 11.2. The van der Waals surface area contributed by atoms with Gasteiger partial charge in [-0.3, -0.25) is 4.79 Å². The Kier molecular flexibility index (Phi) is 9.59. The predicted octanol–water partition coefficient (Wildman–Crippen LogP) is 4.14. The standard InChI is InChI=1S/C25H27ClF2N2O4S2/c1-3-15-5-4-6-16(7-15)12-29-13-21(31)20(10-17-8-18(27)11-19(28)9-17)30-25(32)24-23(26)22(14-35-24)36(2,33)34/h4-9,11,14,20-21,29,31H,3,10,12-13H2,1-2H3,(H,30,32)/t20-,21+/m0/s1. The maximum atomic E-state index is 13.8. The van der Waals surface area contributed by atoms with Gasteiger partial charge in [-0.15, -0.1) is 11.3 Å². The molecular weight excluding hydrogens is 530 g/mol. The minimum Gasteiger partial charge on any atom is -0.390 e. The fourth-order valence-electron chi connectivity index (χ4n) is 3.70. The van der Waals surface area contributed by atoms with Crippen LogP contribution < -0.4 is 10.6 Å². The average molecular weight is 557 g/mol. The van der Waals surface area contributed by atoms with Crippen molar-refractivity contribution < 1.29 is 27.1 Å². The number of aryl methyl sites for hydroxylation is 1. The molecule has 1 amide bonds. The molecule has 0 aliphatic carbocycles. The number of benzene rings is 2. The molecule has 3 aromatic rings. The number of halogens is 3.